The lowest BCUT2D eigenvalue weighted by molar-refractivity contribution is -0.111. The van der Waals surface area contributed by atoms with Crippen molar-refractivity contribution < 1.29 is 4.79 Å². The first-order valence-corrected chi connectivity index (χ1v) is 7.77. The maximum absolute atomic E-state index is 12.0. The van der Waals surface area contributed by atoms with Crippen LogP contribution >= 0.6 is 34.9 Å². The molecule has 1 heterocycles. The number of carbonyl (C=O) groups excluding carboxylic acids is 1. The van der Waals surface area contributed by atoms with Gasteiger partial charge in [0, 0.05) is 11.1 Å². The van der Waals surface area contributed by atoms with Gasteiger partial charge in [0.2, 0.25) is 5.91 Å². The van der Waals surface area contributed by atoms with Crippen molar-refractivity contribution in [1.29, 1.82) is 0 Å². The number of benzene rings is 2. The van der Waals surface area contributed by atoms with Crippen molar-refractivity contribution >= 4 is 63.6 Å². The molecular formula is C15H9Cl2N3OS. The maximum Gasteiger partial charge on any atom is 0.248 e. The van der Waals surface area contributed by atoms with Crippen LogP contribution in [0.5, 0.6) is 0 Å². The molecule has 3 rings (SSSR count). The molecule has 7 heteroatoms. The molecule has 1 aromatic heterocycles. The average Bonchev–Trinajstić information content (AvgIpc) is 2.98. The maximum atomic E-state index is 12.0. The van der Waals surface area contributed by atoms with Gasteiger partial charge in [0.15, 0.2) is 0 Å². The van der Waals surface area contributed by atoms with Crippen molar-refractivity contribution in [2.45, 2.75) is 0 Å². The van der Waals surface area contributed by atoms with E-state index in [0.29, 0.717) is 26.8 Å². The summed E-state index contributed by atoms with van der Waals surface area (Å²) in [4.78, 5) is 12.0. The minimum Gasteiger partial charge on any atom is -0.319 e. The summed E-state index contributed by atoms with van der Waals surface area (Å²) in [7, 11) is 0. The Morgan fingerprint density at radius 1 is 1.09 bits per heavy atom. The Hall–Kier alpha value is -1.95. The average molecular weight is 350 g/mol. The number of nitrogens with zero attached hydrogens (tertiary/aromatic N) is 2. The SMILES string of the molecule is O=C(/C=C/c1ccc(Cl)cc1)Nc1c(Cl)ccc2nsnc12. The van der Waals surface area contributed by atoms with E-state index in [0.717, 1.165) is 17.3 Å². The van der Waals surface area contributed by atoms with Crippen LogP contribution in [0.1, 0.15) is 5.56 Å². The summed E-state index contributed by atoms with van der Waals surface area (Å²) in [5, 5.41) is 3.82. The molecule has 0 aliphatic carbocycles. The number of hydrogen-bond donors (Lipinski definition) is 1. The molecule has 3 aromatic rings. The lowest BCUT2D eigenvalue weighted by atomic mass is 10.2. The molecule has 1 N–H and O–H groups in total. The van der Waals surface area contributed by atoms with Gasteiger partial charge >= 0.3 is 0 Å². The van der Waals surface area contributed by atoms with Crippen LogP contribution in [-0.4, -0.2) is 14.7 Å². The lowest BCUT2D eigenvalue weighted by Crippen LogP contribution is -2.08. The first kappa shape index (κ1) is 15.0. The minimum atomic E-state index is -0.294. The molecule has 2 aromatic carbocycles. The zero-order chi connectivity index (χ0) is 15.5. The summed E-state index contributed by atoms with van der Waals surface area (Å²) < 4.78 is 8.27. The Balaban J connectivity index is 1.80. The molecule has 0 unspecified atom stereocenters. The van der Waals surface area contributed by atoms with Gasteiger partial charge in [0.05, 0.1) is 22.4 Å². The zero-order valence-corrected chi connectivity index (χ0v) is 13.4. The van der Waals surface area contributed by atoms with Gasteiger partial charge in [-0.25, -0.2) is 0 Å². The molecule has 0 spiro atoms. The molecule has 0 aliphatic rings. The summed E-state index contributed by atoms with van der Waals surface area (Å²) in [6.45, 7) is 0. The molecule has 1 amide bonds. The van der Waals surface area contributed by atoms with Crippen LogP contribution < -0.4 is 5.32 Å². The highest BCUT2D eigenvalue weighted by atomic mass is 35.5. The van der Waals surface area contributed by atoms with E-state index in [1.165, 1.54) is 6.08 Å². The Morgan fingerprint density at radius 2 is 1.86 bits per heavy atom. The highest BCUT2D eigenvalue weighted by molar-refractivity contribution is 7.00. The van der Waals surface area contributed by atoms with Crippen LogP contribution in [0.2, 0.25) is 10.0 Å². The molecule has 0 saturated heterocycles. The monoisotopic (exact) mass is 349 g/mol. The zero-order valence-electron chi connectivity index (χ0n) is 11.1. The molecule has 0 aliphatic heterocycles. The quantitative estimate of drug-likeness (QED) is 0.700. The first-order chi connectivity index (χ1) is 10.6. The lowest BCUT2D eigenvalue weighted by Gasteiger charge is -2.05. The van der Waals surface area contributed by atoms with E-state index in [4.69, 9.17) is 23.2 Å². The molecule has 22 heavy (non-hydrogen) atoms. The Kier molecular flexibility index (Phi) is 4.38. The summed E-state index contributed by atoms with van der Waals surface area (Å²) >= 11 is 13.0. The van der Waals surface area contributed by atoms with Crippen molar-refractivity contribution in [2.24, 2.45) is 0 Å². The van der Waals surface area contributed by atoms with Crippen molar-refractivity contribution in [3.8, 4) is 0 Å². The number of halogens is 2. The molecular weight excluding hydrogens is 341 g/mol. The second-order valence-corrected chi connectivity index (χ2v) is 5.80. The highest BCUT2D eigenvalue weighted by Gasteiger charge is 2.11. The molecule has 0 fully saturated rings. The standard InChI is InChI=1S/C15H9Cl2N3OS/c16-10-4-1-9(2-5-10)3-8-13(21)18-14-11(17)6-7-12-15(14)20-22-19-12/h1-8H,(H,18,21)/b8-3+. The van der Waals surface area contributed by atoms with Crippen LogP contribution in [0, 0.1) is 0 Å². The highest BCUT2D eigenvalue weighted by Crippen LogP contribution is 2.29. The van der Waals surface area contributed by atoms with Crippen LogP contribution in [0.25, 0.3) is 17.1 Å². The number of anilines is 1. The van der Waals surface area contributed by atoms with Gasteiger partial charge in [-0.2, -0.15) is 8.75 Å². The van der Waals surface area contributed by atoms with Gasteiger partial charge in [0.1, 0.15) is 11.0 Å². The van der Waals surface area contributed by atoms with Crippen molar-refractivity contribution in [3.05, 3.63) is 58.1 Å². The Morgan fingerprint density at radius 3 is 2.64 bits per heavy atom. The number of aromatic nitrogens is 2. The van der Waals surface area contributed by atoms with E-state index in [9.17, 15) is 4.79 Å². The molecule has 0 saturated carbocycles. The third-order valence-corrected chi connectivity index (χ3v) is 4.03. The van der Waals surface area contributed by atoms with Gasteiger partial charge in [-0.15, -0.1) is 0 Å². The van der Waals surface area contributed by atoms with Crippen LogP contribution in [0.3, 0.4) is 0 Å². The topological polar surface area (TPSA) is 54.9 Å². The smallest absolute Gasteiger partial charge is 0.248 e. The number of amides is 1. The predicted molar refractivity (Wildman–Crippen MR) is 91.5 cm³/mol. The normalized spacial score (nSPS) is 11.2. The second-order valence-electron chi connectivity index (χ2n) is 4.43. The summed E-state index contributed by atoms with van der Waals surface area (Å²) in [5.41, 5.74) is 2.63. The minimum absolute atomic E-state index is 0.294. The van der Waals surface area contributed by atoms with Gasteiger partial charge in [-0.3, -0.25) is 4.79 Å². The Bertz CT molecular complexity index is 859. The third kappa shape index (κ3) is 3.27. The second kappa shape index (κ2) is 6.44. The first-order valence-electron chi connectivity index (χ1n) is 6.29. The summed E-state index contributed by atoms with van der Waals surface area (Å²) in [5.74, 6) is -0.294. The van der Waals surface area contributed by atoms with Gasteiger partial charge in [0.25, 0.3) is 0 Å². The van der Waals surface area contributed by atoms with E-state index >= 15 is 0 Å². The fourth-order valence-corrected chi connectivity index (χ4v) is 2.72. The van der Waals surface area contributed by atoms with E-state index in [-0.39, 0.29) is 5.91 Å². The van der Waals surface area contributed by atoms with Gasteiger partial charge in [-0.05, 0) is 35.9 Å². The summed E-state index contributed by atoms with van der Waals surface area (Å²) in [6.07, 6.45) is 3.12. The summed E-state index contributed by atoms with van der Waals surface area (Å²) in [6, 6.07) is 10.6. The van der Waals surface area contributed by atoms with Crippen LogP contribution in [0.4, 0.5) is 5.69 Å². The van der Waals surface area contributed by atoms with Crippen LogP contribution in [0.15, 0.2) is 42.5 Å². The third-order valence-electron chi connectivity index (χ3n) is 2.92. The largest absolute Gasteiger partial charge is 0.319 e. The van der Waals surface area contributed by atoms with Crippen molar-refractivity contribution in [2.75, 3.05) is 5.32 Å². The van der Waals surface area contributed by atoms with E-state index in [2.05, 4.69) is 14.1 Å². The van der Waals surface area contributed by atoms with Gasteiger partial charge in [-0.1, -0.05) is 35.3 Å². The number of nitrogens with one attached hydrogen (secondary N) is 1. The Labute approximate surface area is 140 Å². The molecule has 0 radical (unpaired) electrons. The number of fused-ring (bicyclic) bond motifs is 1. The fraction of sp³-hybridized carbons (Fsp3) is 0. The van der Waals surface area contributed by atoms with E-state index in [1.807, 2.05) is 12.1 Å². The van der Waals surface area contributed by atoms with Gasteiger partial charge < -0.3 is 5.32 Å². The number of rotatable bonds is 3. The number of carbonyl (C=O) groups is 1. The van der Waals surface area contributed by atoms with Crippen LogP contribution in [-0.2, 0) is 4.79 Å². The fourth-order valence-electron chi connectivity index (χ4n) is 1.86. The molecule has 4 nitrogen and oxygen atoms in total. The molecule has 0 atom stereocenters. The van der Waals surface area contributed by atoms with E-state index < -0.39 is 0 Å². The van der Waals surface area contributed by atoms with E-state index in [1.54, 1.807) is 30.3 Å². The number of hydrogen-bond acceptors (Lipinski definition) is 4. The predicted octanol–water partition coefficient (Wildman–Crippen LogP) is 4.65. The molecule has 110 valence electrons. The van der Waals surface area contributed by atoms with Crippen molar-refractivity contribution in [1.82, 2.24) is 8.75 Å². The molecule has 0 bridgehead atoms. The van der Waals surface area contributed by atoms with Crippen molar-refractivity contribution in [3.63, 3.8) is 0 Å².